The van der Waals surface area contributed by atoms with Crippen molar-refractivity contribution < 1.29 is 9.85 Å². The van der Waals surface area contributed by atoms with Crippen LogP contribution >= 0.6 is 11.3 Å². The van der Waals surface area contributed by atoms with Crippen molar-refractivity contribution in [2.45, 2.75) is 6.92 Å². The molecule has 0 atom stereocenters. The fourth-order valence-corrected chi connectivity index (χ4v) is 2.23. The minimum Gasteiger partial charge on any atom is -0.374 e. The normalized spacial score (nSPS) is 10.4. The van der Waals surface area contributed by atoms with Gasteiger partial charge in [-0.1, -0.05) is 11.3 Å². The van der Waals surface area contributed by atoms with Gasteiger partial charge in [0, 0.05) is 17.2 Å². The van der Waals surface area contributed by atoms with Crippen LogP contribution in [-0.2, 0) is 0 Å². The van der Waals surface area contributed by atoms with E-state index in [-0.39, 0.29) is 27.6 Å². The average Bonchev–Trinajstić information content (AvgIpc) is 2.75. The number of nitrogens with zero attached hydrogens (tertiary/aromatic N) is 4. The molecule has 0 unspecified atom stereocenters. The minimum atomic E-state index is -0.694. The molecule has 9 nitrogen and oxygen atoms in total. The second-order valence-corrected chi connectivity index (χ2v) is 4.61. The zero-order valence-corrected chi connectivity index (χ0v) is 10.4. The van der Waals surface area contributed by atoms with Crippen molar-refractivity contribution in [2.75, 3.05) is 5.73 Å². The predicted molar refractivity (Wildman–Crippen MR) is 67.8 cm³/mol. The number of anilines is 1. The van der Waals surface area contributed by atoms with Crippen LogP contribution in [0.2, 0.25) is 0 Å². The quantitative estimate of drug-likeness (QED) is 0.669. The van der Waals surface area contributed by atoms with Crippen molar-refractivity contribution in [2.24, 2.45) is 0 Å². The van der Waals surface area contributed by atoms with Gasteiger partial charge >= 0.3 is 0 Å². The molecule has 0 aliphatic carbocycles. The van der Waals surface area contributed by atoms with Crippen LogP contribution in [0.25, 0.3) is 10.6 Å². The number of aromatic nitrogens is 2. The molecule has 2 aromatic rings. The first-order valence-electron chi connectivity index (χ1n) is 4.93. The van der Waals surface area contributed by atoms with Crippen molar-refractivity contribution in [3.63, 3.8) is 0 Å². The van der Waals surface area contributed by atoms with Gasteiger partial charge < -0.3 is 5.73 Å². The number of non-ortho nitro benzene ring substituents is 1. The Morgan fingerprint density at radius 2 is 1.89 bits per heavy atom. The van der Waals surface area contributed by atoms with Gasteiger partial charge in [0.1, 0.15) is 5.01 Å². The van der Waals surface area contributed by atoms with Crippen molar-refractivity contribution >= 4 is 27.8 Å². The van der Waals surface area contributed by atoms with E-state index in [2.05, 4.69) is 10.2 Å². The summed E-state index contributed by atoms with van der Waals surface area (Å²) in [5.74, 6) is 0. The maximum atomic E-state index is 10.9. The van der Waals surface area contributed by atoms with Crippen LogP contribution in [0.5, 0.6) is 0 Å². The molecule has 1 aromatic carbocycles. The summed E-state index contributed by atoms with van der Waals surface area (Å²) in [4.78, 5) is 20.3. The summed E-state index contributed by atoms with van der Waals surface area (Å²) in [7, 11) is 0. The van der Waals surface area contributed by atoms with E-state index in [0.29, 0.717) is 5.01 Å². The van der Waals surface area contributed by atoms with E-state index >= 15 is 0 Å². The Morgan fingerprint density at radius 1 is 1.21 bits per heavy atom. The highest BCUT2D eigenvalue weighted by Crippen LogP contribution is 2.36. The van der Waals surface area contributed by atoms with Gasteiger partial charge in [-0.3, -0.25) is 20.2 Å². The molecule has 10 heteroatoms. The topological polar surface area (TPSA) is 138 Å². The molecule has 0 amide bonds. The molecule has 0 radical (unpaired) electrons. The lowest BCUT2D eigenvalue weighted by molar-refractivity contribution is -0.394. The number of nitro benzene ring substituents is 2. The molecule has 0 aliphatic heterocycles. The van der Waals surface area contributed by atoms with Crippen molar-refractivity contribution in [3.8, 4) is 10.6 Å². The fourth-order valence-electron chi connectivity index (χ4n) is 1.54. The summed E-state index contributed by atoms with van der Waals surface area (Å²) in [6.45, 7) is 1.49. The fraction of sp³-hybridized carbons (Fsp3) is 0.111. The lowest BCUT2D eigenvalue weighted by Crippen LogP contribution is -1.97. The summed E-state index contributed by atoms with van der Waals surface area (Å²) >= 11 is 1.01. The summed E-state index contributed by atoms with van der Waals surface area (Å²) < 4.78 is 0. The number of rotatable bonds is 3. The number of hydrogen-bond acceptors (Lipinski definition) is 8. The Morgan fingerprint density at radius 3 is 2.37 bits per heavy atom. The van der Waals surface area contributed by atoms with Gasteiger partial charge in [-0.2, -0.15) is 0 Å². The Kier molecular flexibility index (Phi) is 3.09. The monoisotopic (exact) mass is 281 g/mol. The Balaban J connectivity index is 2.72. The number of benzene rings is 1. The smallest absolute Gasteiger partial charge is 0.279 e. The third kappa shape index (κ3) is 2.33. The molecule has 19 heavy (non-hydrogen) atoms. The molecule has 98 valence electrons. The third-order valence-electron chi connectivity index (χ3n) is 2.44. The van der Waals surface area contributed by atoms with Crippen LogP contribution in [-0.4, -0.2) is 20.0 Å². The molecule has 0 fully saturated rings. The molecule has 0 aliphatic rings. The van der Waals surface area contributed by atoms with Crippen molar-refractivity contribution in [3.05, 3.63) is 37.9 Å². The molecule has 0 bridgehead atoms. The van der Waals surface area contributed by atoms with Crippen molar-refractivity contribution in [1.29, 1.82) is 0 Å². The van der Waals surface area contributed by atoms with Crippen LogP contribution in [0.15, 0.2) is 12.1 Å². The van der Waals surface area contributed by atoms with E-state index in [9.17, 15) is 20.2 Å². The zero-order chi connectivity index (χ0) is 14.2. The Hall–Kier alpha value is -2.62. The number of nitro groups is 2. The van der Waals surface area contributed by atoms with E-state index < -0.39 is 9.85 Å². The molecule has 1 aromatic heterocycles. The van der Waals surface area contributed by atoms with Gasteiger partial charge in [0.2, 0.25) is 5.13 Å². The van der Waals surface area contributed by atoms with Gasteiger partial charge in [0.25, 0.3) is 11.4 Å². The average molecular weight is 281 g/mol. The predicted octanol–water partition coefficient (Wildman–Crippen LogP) is 1.91. The summed E-state index contributed by atoms with van der Waals surface area (Å²) in [6.07, 6.45) is 0. The van der Waals surface area contributed by atoms with Crippen LogP contribution < -0.4 is 5.73 Å². The first kappa shape index (κ1) is 12.8. The standard InChI is InChI=1S/C9H7N5O4S/c1-4-6(8-11-12-9(10)19-8)2-5(13(15)16)3-7(4)14(17)18/h2-3H,1H3,(H2,10,12). The van der Waals surface area contributed by atoms with Crippen LogP contribution in [0.3, 0.4) is 0 Å². The molecule has 0 saturated carbocycles. The molecule has 2 N–H and O–H groups in total. The molecule has 0 spiro atoms. The van der Waals surface area contributed by atoms with Gasteiger partial charge in [-0.15, -0.1) is 10.2 Å². The second kappa shape index (κ2) is 4.57. The van der Waals surface area contributed by atoms with Crippen LogP contribution in [0.1, 0.15) is 5.56 Å². The van der Waals surface area contributed by atoms with Gasteiger partial charge in [0.15, 0.2) is 0 Å². The van der Waals surface area contributed by atoms with E-state index in [4.69, 9.17) is 5.73 Å². The summed E-state index contributed by atoms with van der Waals surface area (Å²) in [5, 5.41) is 29.5. The maximum absolute atomic E-state index is 10.9. The molecule has 0 saturated heterocycles. The highest BCUT2D eigenvalue weighted by Gasteiger charge is 2.23. The van der Waals surface area contributed by atoms with E-state index in [1.165, 1.54) is 13.0 Å². The van der Waals surface area contributed by atoms with Gasteiger partial charge in [0.05, 0.1) is 15.9 Å². The first-order chi connectivity index (χ1) is 8.90. The molecule has 2 rings (SSSR count). The van der Waals surface area contributed by atoms with E-state index in [1.54, 1.807) is 0 Å². The Bertz CT molecular complexity index is 683. The molecular formula is C9H7N5O4S. The number of nitrogens with two attached hydrogens (primary N) is 1. The highest BCUT2D eigenvalue weighted by molar-refractivity contribution is 7.18. The lowest BCUT2D eigenvalue weighted by atomic mass is 10.1. The molecular weight excluding hydrogens is 274 g/mol. The maximum Gasteiger partial charge on any atom is 0.279 e. The number of nitrogen functional groups attached to an aromatic ring is 1. The highest BCUT2D eigenvalue weighted by atomic mass is 32.1. The Labute approximate surface area is 110 Å². The summed E-state index contributed by atoms with van der Waals surface area (Å²) in [6, 6.07) is 2.14. The van der Waals surface area contributed by atoms with Gasteiger partial charge in [-0.05, 0) is 6.92 Å². The van der Waals surface area contributed by atoms with Gasteiger partial charge in [-0.25, -0.2) is 0 Å². The number of hydrogen-bond donors (Lipinski definition) is 1. The van der Waals surface area contributed by atoms with E-state index in [1.807, 2.05) is 0 Å². The summed E-state index contributed by atoms with van der Waals surface area (Å²) in [5.41, 5.74) is 5.30. The lowest BCUT2D eigenvalue weighted by Gasteiger charge is -2.03. The van der Waals surface area contributed by atoms with Crippen LogP contribution in [0.4, 0.5) is 16.5 Å². The third-order valence-corrected chi connectivity index (χ3v) is 3.23. The van der Waals surface area contributed by atoms with Crippen LogP contribution in [0, 0.1) is 27.2 Å². The zero-order valence-electron chi connectivity index (χ0n) is 9.56. The minimum absolute atomic E-state index is 0.184. The second-order valence-electron chi connectivity index (χ2n) is 3.60. The van der Waals surface area contributed by atoms with Crippen molar-refractivity contribution in [1.82, 2.24) is 10.2 Å². The first-order valence-corrected chi connectivity index (χ1v) is 5.74. The largest absolute Gasteiger partial charge is 0.374 e. The molecule has 1 heterocycles. The van der Waals surface area contributed by atoms with E-state index in [0.717, 1.165) is 17.4 Å². The SMILES string of the molecule is Cc1c(-c2nnc(N)s2)cc([N+](=O)[O-])cc1[N+](=O)[O-].